The highest BCUT2D eigenvalue weighted by molar-refractivity contribution is 5.86. The van der Waals surface area contributed by atoms with Crippen molar-refractivity contribution in [3.63, 3.8) is 0 Å². The third-order valence-electron chi connectivity index (χ3n) is 0. The summed E-state index contributed by atoms with van der Waals surface area (Å²) in [6.07, 6.45) is 0. The van der Waals surface area contributed by atoms with Gasteiger partial charge in [0.2, 0.25) is 0 Å². The minimum Gasteiger partial charge on any atom is -0.147 e. The van der Waals surface area contributed by atoms with Crippen molar-refractivity contribution < 1.29 is 0 Å². The molecule has 0 unspecified atom stereocenters. The molecule has 0 nitrogen and oxygen atoms in total. The largest absolute Gasteiger partial charge is 0.147 e. The van der Waals surface area contributed by atoms with Gasteiger partial charge < -0.3 is 0 Å². The summed E-state index contributed by atoms with van der Waals surface area (Å²) in [5.74, 6) is 0. The molecule has 0 aromatic heterocycles. The van der Waals surface area contributed by atoms with Crippen LogP contribution in [0.2, 0.25) is 0 Å². The van der Waals surface area contributed by atoms with Crippen LogP contribution < -0.4 is 0 Å². The summed E-state index contributed by atoms with van der Waals surface area (Å²) in [6, 6.07) is 0. The van der Waals surface area contributed by atoms with Crippen molar-refractivity contribution in [2.75, 3.05) is 0 Å². The number of hydrogen-bond donors (Lipinski definition) is 0. The molecular weight excluding hydrogens is 390 g/mol. The molecule has 11 heteroatoms. The molecule has 0 aliphatic heterocycles. The van der Waals surface area contributed by atoms with E-state index in [2.05, 4.69) is 0 Å². The van der Waals surface area contributed by atoms with Crippen LogP contribution in [0, 0.1) is 0 Å². The average molecular weight is 401 g/mol. The maximum atomic E-state index is 0. The summed E-state index contributed by atoms with van der Waals surface area (Å²) in [5, 5.41) is 0. The molecule has 11 heavy (non-hydrogen) atoms. The van der Waals surface area contributed by atoms with Gasteiger partial charge in [0.15, 0.2) is 0 Å². The Bertz CT molecular complexity index is 0. The van der Waals surface area contributed by atoms with Gasteiger partial charge in [-0.1, -0.05) is 0 Å². The molecule has 0 rings (SSSR count). The third kappa shape index (κ3) is 162. The lowest BCUT2D eigenvalue weighted by molar-refractivity contribution is 5.85. The van der Waals surface area contributed by atoms with E-state index in [1.165, 1.54) is 0 Å². The molecule has 0 aromatic rings. The molecule has 0 fully saturated rings. The second-order valence-corrected chi connectivity index (χ2v) is 0. The van der Waals surface area contributed by atoms with Crippen molar-refractivity contribution in [3.8, 4) is 0 Å². The Hall–Kier alpha value is 3.19. The van der Waals surface area contributed by atoms with Gasteiger partial charge in [0, 0.05) is 0 Å². The SMILES string of the molecule is Cl.Cl.Cl.Cl.Cl.Cl.Cl.Cl.Cl.Cl.Cl. The number of rotatable bonds is 0. The lowest BCUT2D eigenvalue weighted by atomic mass is 35.5. The molecule has 0 spiro atoms. The van der Waals surface area contributed by atoms with Crippen molar-refractivity contribution in [3.05, 3.63) is 0 Å². The average Bonchev–Trinajstić information content (AvgIpc) is 0. The molecule has 0 aromatic carbocycles. The molecular formula is H11Cl11. The van der Waals surface area contributed by atoms with Crippen LogP contribution in [0.1, 0.15) is 0 Å². The summed E-state index contributed by atoms with van der Waals surface area (Å²) >= 11 is 0. The van der Waals surface area contributed by atoms with Crippen LogP contribution in [0.25, 0.3) is 0 Å². The molecule has 0 bridgehead atoms. The summed E-state index contributed by atoms with van der Waals surface area (Å²) in [6.45, 7) is 0. The minimum atomic E-state index is 0. The zero-order valence-electron chi connectivity index (χ0n) is 4.49. The van der Waals surface area contributed by atoms with Crippen LogP contribution in [0.4, 0.5) is 0 Å². The lowest BCUT2D eigenvalue weighted by Crippen LogP contribution is 0.688. The fourth-order valence-corrected chi connectivity index (χ4v) is 0. The maximum absolute atomic E-state index is 0. The van der Waals surface area contributed by atoms with Gasteiger partial charge in [-0.15, -0.1) is 136 Å². The van der Waals surface area contributed by atoms with E-state index in [0.29, 0.717) is 0 Å². The Morgan fingerprint density at radius 2 is 0.0909 bits per heavy atom. The zero-order chi connectivity index (χ0) is 0. The van der Waals surface area contributed by atoms with Crippen molar-refractivity contribution >= 4 is 136 Å². The van der Waals surface area contributed by atoms with Gasteiger partial charge in [0.05, 0.1) is 0 Å². The molecule has 0 N–H and O–H groups in total. The van der Waals surface area contributed by atoms with E-state index in [4.69, 9.17) is 0 Å². The Kier molecular flexibility index (Phi) is 4250. The van der Waals surface area contributed by atoms with Crippen molar-refractivity contribution in [1.82, 2.24) is 0 Å². The van der Waals surface area contributed by atoms with Crippen LogP contribution in [-0.4, -0.2) is 0 Å². The molecule has 0 radical (unpaired) electrons. The highest BCUT2D eigenvalue weighted by Crippen LogP contribution is 0.699. The van der Waals surface area contributed by atoms with Crippen molar-refractivity contribution in [2.45, 2.75) is 0 Å². The summed E-state index contributed by atoms with van der Waals surface area (Å²) in [7, 11) is 0. The lowest BCUT2D eigenvalue weighted by Gasteiger charge is -0.148. The smallest absolute Gasteiger partial charge is 0.147 e. The van der Waals surface area contributed by atoms with Crippen LogP contribution in [0.5, 0.6) is 0 Å². The molecule has 0 aliphatic rings. The van der Waals surface area contributed by atoms with E-state index >= 15 is 0 Å². The van der Waals surface area contributed by atoms with Gasteiger partial charge >= 0.3 is 0 Å². The predicted molar refractivity (Wildman–Crippen MR) is 79.7 cm³/mol. The first kappa shape index (κ1) is 243. The van der Waals surface area contributed by atoms with E-state index in [-0.39, 0.29) is 136 Å². The van der Waals surface area contributed by atoms with Crippen molar-refractivity contribution in [1.29, 1.82) is 0 Å². The Morgan fingerprint density at radius 1 is 0.0909 bits per heavy atom. The minimum absolute atomic E-state index is 0. The van der Waals surface area contributed by atoms with E-state index in [9.17, 15) is 0 Å². The van der Waals surface area contributed by atoms with Gasteiger partial charge in [-0.2, -0.15) is 0 Å². The first-order valence-corrected chi connectivity index (χ1v) is 0. The molecule has 0 amide bonds. The molecule has 0 atom stereocenters. The van der Waals surface area contributed by atoms with Gasteiger partial charge in [-0.05, 0) is 0 Å². The van der Waals surface area contributed by atoms with Crippen LogP contribution >= 0.6 is 136 Å². The van der Waals surface area contributed by atoms with Gasteiger partial charge in [0.1, 0.15) is 0 Å². The standard InChI is InChI=1S/11ClH/h11*1H. The van der Waals surface area contributed by atoms with Crippen LogP contribution in [-0.2, 0) is 0 Å². The second kappa shape index (κ2) is 193. The Labute approximate surface area is 135 Å². The normalized spacial score (nSPS) is 0. The molecule has 0 saturated heterocycles. The molecule has 88 valence electrons. The highest BCUT2D eigenvalue weighted by atomic mass is 35.5. The van der Waals surface area contributed by atoms with Crippen LogP contribution in [0.15, 0.2) is 0 Å². The maximum Gasteiger partial charge on any atom is -0.147 e. The first-order chi connectivity index (χ1) is 0. The van der Waals surface area contributed by atoms with Gasteiger partial charge in [-0.3, -0.25) is 0 Å². The summed E-state index contributed by atoms with van der Waals surface area (Å²) in [4.78, 5) is 0. The summed E-state index contributed by atoms with van der Waals surface area (Å²) in [5.41, 5.74) is 0. The highest BCUT2D eigenvalue weighted by Gasteiger charge is -0.137. The predicted octanol–water partition coefficient (Wildman–Crippen LogP) is 4.64. The molecule has 0 aliphatic carbocycles. The Balaban J connectivity index is 0. The van der Waals surface area contributed by atoms with Crippen molar-refractivity contribution in [2.24, 2.45) is 0 Å². The fourth-order valence-electron chi connectivity index (χ4n) is 0. The monoisotopic (exact) mass is 396 g/mol. The van der Waals surface area contributed by atoms with E-state index in [1.54, 1.807) is 0 Å². The van der Waals surface area contributed by atoms with E-state index in [1.807, 2.05) is 0 Å². The van der Waals surface area contributed by atoms with Gasteiger partial charge in [0.25, 0.3) is 0 Å². The molecule has 0 saturated carbocycles. The third-order valence-corrected chi connectivity index (χ3v) is 0. The quantitative estimate of drug-likeness (QED) is 0.555. The van der Waals surface area contributed by atoms with E-state index in [0.717, 1.165) is 0 Å². The Morgan fingerprint density at radius 3 is 0.0909 bits per heavy atom. The number of hydrogen-bond acceptors (Lipinski definition) is 0. The summed E-state index contributed by atoms with van der Waals surface area (Å²) < 4.78 is 0. The number of halogens is 11. The topological polar surface area (TPSA) is 0 Å². The first-order valence-electron chi connectivity index (χ1n) is 0. The fraction of sp³-hybridized carbons (Fsp3) is 0. The van der Waals surface area contributed by atoms with Gasteiger partial charge in [-0.25, -0.2) is 0 Å². The van der Waals surface area contributed by atoms with E-state index < -0.39 is 0 Å². The van der Waals surface area contributed by atoms with Crippen LogP contribution in [0.3, 0.4) is 0 Å². The molecule has 0 heterocycles. The second-order valence-electron chi connectivity index (χ2n) is 0. The zero-order valence-corrected chi connectivity index (χ0v) is 13.5.